The van der Waals surface area contributed by atoms with Gasteiger partial charge in [-0.05, 0) is 69.1 Å². The van der Waals surface area contributed by atoms with Crippen molar-refractivity contribution >= 4 is 18.1 Å². The number of fused-ring (bicyclic) bond motifs is 2. The second-order valence-electron chi connectivity index (χ2n) is 12.8. The van der Waals surface area contributed by atoms with E-state index >= 15 is 0 Å². The zero-order valence-electron chi connectivity index (χ0n) is 29.4. The average Bonchev–Trinajstić information content (AvgIpc) is 3.32. The number of benzene rings is 5. The van der Waals surface area contributed by atoms with Crippen LogP contribution in [0, 0.1) is 0 Å². The van der Waals surface area contributed by atoms with Crippen molar-refractivity contribution in [3.05, 3.63) is 171 Å². The number of hydrogen-bond acceptors (Lipinski definition) is 5. The monoisotopic (exact) mass is 666 g/mol. The minimum absolute atomic E-state index is 0.241. The van der Waals surface area contributed by atoms with E-state index in [1.54, 1.807) is 6.92 Å². The maximum absolute atomic E-state index is 12.2. The van der Waals surface area contributed by atoms with E-state index in [9.17, 15) is 4.79 Å². The fourth-order valence-electron chi connectivity index (χ4n) is 6.64. The SMILES string of the molecule is CCOC(=O)C(Cc1ccc(OCCOC2c3ccc(C(C)c4ccccc4)cc3C=Cc3ccc(C(C)c4ccccc4)cc32)cc1)OC. The van der Waals surface area contributed by atoms with Crippen LogP contribution >= 0.6 is 0 Å². The third kappa shape index (κ3) is 8.24. The molecular formula is C45H46O5. The summed E-state index contributed by atoms with van der Waals surface area (Å²) in [5.74, 6) is 0.895. The third-order valence-corrected chi connectivity index (χ3v) is 9.64. The molecule has 1 aliphatic carbocycles. The number of ether oxygens (including phenoxy) is 4. The Labute approximate surface area is 296 Å². The van der Waals surface area contributed by atoms with Crippen LogP contribution in [0.2, 0.25) is 0 Å². The molecule has 5 aromatic carbocycles. The molecule has 5 aromatic rings. The third-order valence-electron chi connectivity index (χ3n) is 9.64. The van der Waals surface area contributed by atoms with Crippen LogP contribution in [0.5, 0.6) is 5.75 Å². The molecule has 5 nitrogen and oxygen atoms in total. The maximum Gasteiger partial charge on any atom is 0.335 e. The normalized spacial score (nSPS) is 15.2. The number of hydrogen-bond donors (Lipinski definition) is 0. The summed E-state index contributed by atoms with van der Waals surface area (Å²) < 4.78 is 23.4. The molecule has 0 heterocycles. The van der Waals surface area contributed by atoms with Gasteiger partial charge in [0, 0.05) is 25.4 Å². The summed E-state index contributed by atoms with van der Waals surface area (Å²) in [6.45, 7) is 7.43. The quantitative estimate of drug-likeness (QED) is 0.0873. The number of rotatable bonds is 14. The van der Waals surface area contributed by atoms with Crippen LogP contribution in [-0.4, -0.2) is 39.0 Å². The fraction of sp³-hybridized carbons (Fsp3) is 0.267. The van der Waals surface area contributed by atoms with Gasteiger partial charge in [-0.15, -0.1) is 0 Å². The molecule has 0 saturated carbocycles. The number of carbonyl (C=O) groups is 1. The molecule has 6 rings (SSSR count). The highest BCUT2D eigenvalue weighted by Gasteiger charge is 2.25. The predicted octanol–water partition coefficient (Wildman–Crippen LogP) is 9.78. The van der Waals surface area contributed by atoms with Crippen molar-refractivity contribution in [3.63, 3.8) is 0 Å². The first-order valence-electron chi connectivity index (χ1n) is 17.5. The Morgan fingerprint density at radius 3 is 1.92 bits per heavy atom. The molecule has 1 aliphatic rings. The van der Waals surface area contributed by atoms with Gasteiger partial charge in [0.05, 0.1) is 13.2 Å². The predicted molar refractivity (Wildman–Crippen MR) is 201 cm³/mol. The van der Waals surface area contributed by atoms with Gasteiger partial charge in [0.1, 0.15) is 18.5 Å². The van der Waals surface area contributed by atoms with Crippen molar-refractivity contribution in [1.82, 2.24) is 0 Å². The van der Waals surface area contributed by atoms with Crippen molar-refractivity contribution in [3.8, 4) is 5.75 Å². The Hall–Kier alpha value is -4.97. The lowest BCUT2D eigenvalue weighted by Crippen LogP contribution is -2.27. The molecule has 0 saturated heterocycles. The highest BCUT2D eigenvalue weighted by molar-refractivity contribution is 5.77. The Bertz CT molecular complexity index is 1880. The zero-order valence-corrected chi connectivity index (χ0v) is 29.4. The van der Waals surface area contributed by atoms with Crippen molar-refractivity contribution in [1.29, 1.82) is 0 Å². The van der Waals surface area contributed by atoms with Gasteiger partial charge in [0.15, 0.2) is 6.10 Å². The van der Waals surface area contributed by atoms with Crippen molar-refractivity contribution < 1.29 is 23.7 Å². The van der Waals surface area contributed by atoms with Crippen molar-refractivity contribution in [2.75, 3.05) is 26.9 Å². The van der Waals surface area contributed by atoms with Crippen LogP contribution < -0.4 is 4.74 Å². The lowest BCUT2D eigenvalue weighted by Gasteiger charge is -2.24. The molecule has 4 unspecified atom stereocenters. The Morgan fingerprint density at radius 2 is 1.28 bits per heavy atom. The van der Waals surface area contributed by atoms with Crippen LogP contribution in [0.3, 0.4) is 0 Å². The summed E-state index contributed by atoms with van der Waals surface area (Å²) in [6.07, 6.45) is 3.99. The van der Waals surface area contributed by atoms with Gasteiger partial charge in [0.2, 0.25) is 0 Å². The highest BCUT2D eigenvalue weighted by atomic mass is 16.6. The van der Waals surface area contributed by atoms with Crippen molar-refractivity contribution in [2.45, 2.75) is 51.2 Å². The highest BCUT2D eigenvalue weighted by Crippen LogP contribution is 2.39. The van der Waals surface area contributed by atoms with Gasteiger partial charge < -0.3 is 18.9 Å². The number of carbonyl (C=O) groups excluding carboxylic acids is 1. The van der Waals surface area contributed by atoms with Gasteiger partial charge in [-0.25, -0.2) is 4.79 Å². The second kappa shape index (κ2) is 16.6. The van der Waals surface area contributed by atoms with Crippen LogP contribution in [0.4, 0.5) is 0 Å². The molecule has 0 aromatic heterocycles. The van der Waals surface area contributed by atoms with E-state index in [2.05, 4.69) is 123 Å². The van der Waals surface area contributed by atoms with Gasteiger partial charge in [-0.1, -0.05) is 135 Å². The first kappa shape index (κ1) is 34.9. The molecule has 0 fully saturated rings. The Morgan fingerprint density at radius 1 is 0.660 bits per heavy atom. The van der Waals surface area contributed by atoms with E-state index in [0.29, 0.717) is 26.2 Å². The van der Waals surface area contributed by atoms with E-state index in [4.69, 9.17) is 18.9 Å². The molecule has 0 radical (unpaired) electrons. The minimum Gasteiger partial charge on any atom is -0.491 e. The van der Waals surface area contributed by atoms with E-state index in [0.717, 1.165) is 33.6 Å². The first-order chi connectivity index (χ1) is 24.4. The number of esters is 1. The minimum atomic E-state index is -0.635. The van der Waals surface area contributed by atoms with E-state index in [1.165, 1.54) is 29.4 Å². The second-order valence-corrected chi connectivity index (χ2v) is 12.8. The number of methoxy groups -OCH3 is 1. The zero-order chi connectivity index (χ0) is 34.9. The lowest BCUT2D eigenvalue weighted by molar-refractivity contribution is -0.154. The summed E-state index contributed by atoms with van der Waals surface area (Å²) in [6, 6.07) is 42.6. The molecule has 5 heteroatoms. The van der Waals surface area contributed by atoms with Crippen LogP contribution in [0.15, 0.2) is 121 Å². The topological polar surface area (TPSA) is 54.0 Å². The molecule has 0 amide bonds. The molecule has 256 valence electrons. The fourth-order valence-corrected chi connectivity index (χ4v) is 6.64. The van der Waals surface area contributed by atoms with Gasteiger partial charge in [-0.3, -0.25) is 0 Å². The van der Waals surface area contributed by atoms with Crippen LogP contribution in [-0.2, 0) is 25.4 Å². The van der Waals surface area contributed by atoms with E-state index in [1.807, 2.05) is 24.3 Å². The Kier molecular flexibility index (Phi) is 11.6. The van der Waals surface area contributed by atoms with E-state index in [-0.39, 0.29) is 23.9 Å². The van der Waals surface area contributed by atoms with Crippen molar-refractivity contribution in [2.24, 2.45) is 0 Å². The lowest BCUT2D eigenvalue weighted by atomic mass is 9.87. The molecule has 0 N–H and O–H groups in total. The molecule has 4 atom stereocenters. The largest absolute Gasteiger partial charge is 0.491 e. The smallest absolute Gasteiger partial charge is 0.335 e. The van der Waals surface area contributed by atoms with Gasteiger partial charge in [-0.2, -0.15) is 0 Å². The molecule has 50 heavy (non-hydrogen) atoms. The van der Waals surface area contributed by atoms with Crippen LogP contribution in [0.1, 0.15) is 88.8 Å². The molecular weight excluding hydrogens is 620 g/mol. The summed E-state index contributed by atoms with van der Waals surface area (Å²) in [7, 11) is 1.52. The maximum atomic E-state index is 12.2. The van der Waals surface area contributed by atoms with Gasteiger partial charge >= 0.3 is 5.97 Å². The summed E-state index contributed by atoms with van der Waals surface area (Å²) in [4.78, 5) is 12.2. The van der Waals surface area contributed by atoms with Crippen LogP contribution in [0.25, 0.3) is 12.2 Å². The standard InChI is InChI=1S/C45H46O5/c1-5-48-45(46)43(47-4)28-33-16-23-40(24-17-33)49-26-27-50-44-41-25-22-37(31(2)34-12-8-6-9-13-34)29-39(41)21-19-36-18-20-38(30-42(36)44)32(3)35-14-10-7-11-15-35/h6-25,29-32,43-44H,5,26-28H2,1-4H3. The summed E-state index contributed by atoms with van der Waals surface area (Å²) >= 11 is 0. The van der Waals surface area contributed by atoms with E-state index < -0.39 is 6.10 Å². The summed E-state index contributed by atoms with van der Waals surface area (Å²) in [5.41, 5.74) is 10.7. The Balaban J connectivity index is 1.21. The first-order valence-corrected chi connectivity index (χ1v) is 17.5. The molecule has 0 aliphatic heterocycles. The van der Waals surface area contributed by atoms with Gasteiger partial charge in [0.25, 0.3) is 0 Å². The summed E-state index contributed by atoms with van der Waals surface area (Å²) in [5, 5.41) is 0. The molecule has 0 bridgehead atoms. The molecule has 0 spiro atoms. The average molecular weight is 667 g/mol.